The van der Waals surface area contributed by atoms with Gasteiger partial charge in [0.2, 0.25) is 0 Å². The average Bonchev–Trinajstić information content (AvgIpc) is 2.73. The fraction of sp³-hybridized carbons (Fsp3) is 0.250. The predicted octanol–water partition coefficient (Wildman–Crippen LogP) is 3.00. The Morgan fingerprint density at radius 3 is 2.75 bits per heavy atom. The molecule has 16 heavy (non-hydrogen) atoms. The molecule has 0 aliphatic heterocycles. The second-order valence-electron chi connectivity index (χ2n) is 3.53. The van der Waals surface area contributed by atoms with Crippen LogP contribution in [0.25, 0.3) is 0 Å². The van der Waals surface area contributed by atoms with Crippen molar-refractivity contribution in [2.75, 3.05) is 5.73 Å². The number of hydrogen-bond acceptors (Lipinski definition) is 4. The molecule has 0 aliphatic rings. The van der Waals surface area contributed by atoms with Crippen LogP contribution in [-0.4, -0.2) is 4.98 Å². The molecule has 0 saturated carbocycles. The summed E-state index contributed by atoms with van der Waals surface area (Å²) in [6.45, 7) is 2.60. The van der Waals surface area contributed by atoms with E-state index in [9.17, 15) is 0 Å². The van der Waals surface area contributed by atoms with E-state index in [4.69, 9.17) is 10.5 Å². The number of benzene rings is 1. The average molecular weight is 234 g/mol. The van der Waals surface area contributed by atoms with E-state index in [1.807, 2.05) is 25.1 Å². The minimum Gasteiger partial charge on any atom is -0.375 e. The van der Waals surface area contributed by atoms with E-state index in [1.54, 1.807) is 6.20 Å². The van der Waals surface area contributed by atoms with Gasteiger partial charge in [-0.2, -0.15) is 0 Å². The standard InChI is InChI=1S/C12H14N2OS/c1-9(10-5-3-2-4-6-10)15-8-11-7-14-12(13)16-11/h2-7,9H,8H2,1H3,(H2,13,14). The van der Waals surface area contributed by atoms with Crippen LogP contribution < -0.4 is 5.73 Å². The molecule has 84 valence electrons. The SMILES string of the molecule is CC(OCc1cnc(N)s1)c1ccccc1. The summed E-state index contributed by atoms with van der Waals surface area (Å²) in [7, 11) is 0. The molecule has 0 saturated heterocycles. The first-order valence-corrected chi connectivity index (χ1v) is 5.94. The predicted molar refractivity (Wildman–Crippen MR) is 66.2 cm³/mol. The van der Waals surface area contributed by atoms with E-state index in [1.165, 1.54) is 16.9 Å². The molecule has 1 aromatic carbocycles. The van der Waals surface area contributed by atoms with Crippen LogP contribution in [0.1, 0.15) is 23.5 Å². The van der Waals surface area contributed by atoms with E-state index in [0.717, 1.165) is 4.88 Å². The first kappa shape index (κ1) is 11.1. The van der Waals surface area contributed by atoms with Gasteiger partial charge in [0, 0.05) is 6.20 Å². The molecule has 3 nitrogen and oxygen atoms in total. The van der Waals surface area contributed by atoms with Crippen molar-refractivity contribution in [3.05, 3.63) is 47.0 Å². The molecule has 1 unspecified atom stereocenters. The highest BCUT2D eigenvalue weighted by molar-refractivity contribution is 7.15. The van der Waals surface area contributed by atoms with Crippen molar-refractivity contribution in [2.45, 2.75) is 19.6 Å². The van der Waals surface area contributed by atoms with E-state index < -0.39 is 0 Å². The molecule has 1 atom stereocenters. The van der Waals surface area contributed by atoms with Crippen LogP contribution in [0.2, 0.25) is 0 Å². The quantitative estimate of drug-likeness (QED) is 0.884. The van der Waals surface area contributed by atoms with Crippen LogP contribution in [-0.2, 0) is 11.3 Å². The van der Waals surface area contributed by atoms with Gasteiger partial charge >= 0.3 is 0 Å². The normalized spacial score (nSPS) is 12.6. The number of nitrogen functional groups attached to an aromatic ring is 1. The highest BCUT2D eigenvalue weighted by Crippen LogP contribution is 2.21. The minimum absolute atomic E-state index is 0.0875. The van der Waals surface area contributed by atoms with E-state index >= 15 is 0 Å². The molecule has 1 aromatic heterocycles. The topological polar surface area (TPSA) is 48.1 Å². The molecular formula is C12H14N2OS. The number of hydrogen-bond donors (Lipinski definition) is 1. The lowest BCUT2D eigenvalue weighted by Crippen LogP contribution is -1.99. The maximum atomic E-state index is 5.74. The van der Waals surface area contributed by atoms with Crippen molar-refractivity contribution in [1.82, 2.24) is 4.98 Å². The summed E-state index contributed by atoms with van der Waals surface area (Å²) in [5.41, 5.74) is 6.73. The Morgan fingerprint density at radius 1 is 1.38 bits per heavy atom. The first-order valence-electron chi connectivity index (χ1n) is 5.12. The van der Waals surface area contributed by atoms with Gasteiger partial charge in [0.25, 0.3) is 0 Å². The fourth-order valence-electron chi connectivity index (χ4n) is 1.42. The van der Waals surface area contributed by atoms with Crippen molar-refractivity contribution in [3.8, 4) is 0 Å². The van der Waals surface area contributed by atoms with Crippen molar-refractivity contribution in [3.63, 3.8) is 0 Å². The second-order valence-corrected chi connectivity index (χ2v) is 4.68. The van der Waals surface area contributed by atoms with Gasteiger partial charge in [0.15, 0.2) is 5.13 Å². The summed E-state index contributed by atoms with van der Waals surface area (Å²) in [6, 6.07) is 10.2. The Labute approximate surface area is 98.9 Å². The number of aromatic nitrogens is 1. The molecule has 0 radical (unpaired) electrons. The summed E-state index contributed by atoms with van der Waals surface area (Å²) >= 11 is 1.47. The lowest BCUT2D eigenvalue weighted by Gasteiger charge is -2.12. The molecule has 2 N–H and O–H groups in total. The molecule has 0 spiro atoms. The Bertz CT molecular complexity index is 441. The molecule has 1 heterocycles. The molecule has 2 rings (SSSR count). The minimum atomic E-state index is 0.0875. The molecule has 0 bridgehead atoms. The largest absolute Gasteiger partial charge is 0.375 e. The van der Waals surface area contributed by atoms with E-state index in [-0.39, 0.29) is 6.10 Å². The molecular weight excluding hydrogens is 220 g/mol. The highest BCUT2D eigenvalue weighted by Gasteiger charge is 2.06. The fourth-order valence-corrected chi connectivity index (χ4v) is 2.02. The van der Waals surface area contributed by atoms with Crippen LogP contribution >= 0.6 is 11.3 Å². The van der Waals surface area contributed by atoms with Gasteiger partial charge in [-0.25, -0.2) is 4.98 Å². The van der Waals surface area contributed by atoms with Gasteiger partial charge in [-0.3, -0.25) is 0 Å². The van der Waals surface area contributed by atoms with Crippen LogP contribution in [0.5, 0.6) is 0 Å². The summed E-state index contributed by atoms with van der Waals surface area (Å²) in [5.74, 6) is 0. The number of anilines is 1. The van der Waals surface area contributed by atoms with Crippen LogP contribution in [0.3, 0.4) is 0 Å². The number of ether oxygens (including phenoxy) is 1. The second kappa shape index (κ2) is 5.09. The van der Waals surface area contributed by atoms with Gasteiger partial charge in [-0.05, 0) is 12.5 Å². The number of rotatable bonds is 4. The molecule has 0 aliphatic carbocycles. The van der Waals surface area contributed by atoms with Gasteiger partial charge in [-0.1, -0.05) is 41.7 Å². The lowest BCUT2D eigenvalue weighted by atomic mass is 10.1. The maximum absolute atomic E-state index is 5.74. The van der Waals surface area contributed by atoms with Gasteiger partial charge in [-0.15, -0.1) is 0 Å². The van der Waals surface area contributed by atoms with Crippen LogP contribution in [0.15, 0.2) is 36.5 Å². The Kier molecular flexibility index (Phi) is 3.54. The summed E-state index contributed by atoms with van der Waals surface area (Å²) in [5, 5.41) is 0.589. The zero-order valence-electron chi connectivity index (χ0n) is 9.09. The third-order valence-electron chi connectivity index (χ3n) is 2.32. The zero-order valence-corrected chi connectivity index (χ0v) is 9.91. The van der Waals surface area contributed by atoms with Crippen LogP contribution in [0.4, 0.5) is 5.13 Å². The number of nitrogens with two attached hydrogens (primary N) is 1. The molecule has 2 aromatic rings. The molecule has 0 amide bonds. The van der Waals surface area contributed by atoms with Crippen molar-refractivity contribution in [2.24, 2.45) is 0 Å². The summed E-state index contributed by atoms with van der Waals surface area (Å²) in [6.07, 6.45) is 1.85. The van der Waals surface area contributed by atoms with Crippen molar-refractivity contribution >= 4 is 16.5 Å². The van der Waals surface area contributed by atoms with E-state index in [0.29, 0.717) is 11.7 Å². The summed E-state index contributed by atoms with van der Waals surface area (Å²) < 4.78 is 5.74. The third-order valence-corrected chi connectivity index (χ3v) is 3.12. The van der Waals surface area contributed by atoms with Crippen LogP contribution in [0, 0.1) is 0 Å². The first-order chi connectivity index (χ1) is 7.75. The number of thiazole rings is 1. The van der Waals surface area contributed by atoms with Gasteiger partial charge in [0.1, 0.15) is 0 Å². The monoisotopic (exact) mass is 234 g/mol. The highest BCUT2D eigenvalue weighted by atomic mass is 32.1. The van der Waals surface area contributed by atoms with Gasteiger partial charge in [0.05, 0.1) is 17.6 Å². The Balaban J connectivity index is 1.91. The summed E-state index contributed by atoms with van der Waals surface area (Å²) in [4.78, 5) is 5.04. The van der Waals surface area contributed by atoms with Crippen molar-refractivity contribution in [1.29, 1.82) is 0 Å². The molecule has 4 heteroatoms. The molecule has 0 fully saturated rings. The smallest absolute Gasteiger partial charge is 0.180 e. The Morgan fingerprint density at radius 2 is 2.12 bits per heavy atom. The maximum Gasteiger partial charge on any atom is 0.180 e. The Hall–Kier alpha value is -1.39. The number of nitrogens with zero attached hydrogens (tertiary/aromatic N) is 1. The third kappa shape index (κ3) is 2.81. The zero-order chi connectivity index (χ0) is 11.4. The van der Waals surface area contributed by atoms with Crippen molar-refractivity contribution < 1.29 is 4.74 Å². The van der Waals surface area contributed by atoms with E-state index in [2.05, 4.69) is 17.1 Å². The van der Waals surface area contributed by atoms with Gasteiger partial charge < -0.3 is 10.5 Å². The lowest BCUT2D eigenvalue weighted by molar-refractivity contribution is 0.0541.